The van der Waals surface area contributed by atoms with Gasteiger partial charge in [-0.3, -0.25) is 0 Å². The van der Waals surface area contributed by atoms with Gasteiger partial charge in [-0.15, -0.1) is 0 Å². The zero-order valence-electron chi connectivity index (χ0n) is 9.01. The molecule has 88 valence electrons. The average molecular weight is 227 g/mol. The second-order valence-electron chi connectivity index (χ2n) is 4.27. The summed E-state index contributed by atoms with van der Waals surface area (Å²) < 4.78 is 31.7. The van der Waals surface area contributed by atoms with Crippen LogP contribution in [-0.4, -0.2) is 6.61 Å². The van der Waals surface area contributed by atoms with E-state index in [1.807, 2.05) is 0 Å². The van der Waals surface area contributed by atoms with Crippen LogP contribution in [0.25, 0.3) is 0 Å². The SMILES string of the molecule is Nc1cc(F)c(OCC2CCCC2)cc1F. The molecule has 1 aliphatic rings. The second-order valence-corrected chi connectivity index (χ2v) is 4.27. The molecule has 1 aromatic rings. The highest BCUT2D eigenvalue weighted by molar-refractivity contribution is 5.44. The first-order valence-electron chi connectivity index (χ1n) is 5.54. The Morgan fingerprint density at radius 2 is 1.88 bits per heavy atom. The summed E-state index contributed by atoms with van der Waals surface area (Å²) in [6, 6.07) is 1.97. The minimum Gasteiger partial charge on any atom is -0.490 e. The zero-order valence-corrected chi connectivity index (χ0v) is 9.01. The van der Waals surface area contributed by atoms with Gasteiger partial charge >= 0.3 is 0 Å². The van der Waals surface area contributed by atoms with Gasteiger partial charge in [0.15, 0.2) is 11.6 Å². The molecular weight excluding hydrogens is 212 g/mol. The van der Waals surface area contributed by atoms with E-state index in [9.17, 15) is 8.78 Å². The summed E-state index contributed by atoms with van der Waals surface area (Å²) in [6.45, 7) is 0.459. The van der Waals surface area contributed by atoms with Crippen molar-refractivity contribution in [2.45, 2.75) is 25.7 Å². The number of rotatable bonds is 3. The first-order chi connectivity index (χ1) is 7.66. The van der Waals surface area contributed by atoms with Crippen LogP contribution >= 0.6 is 0 Å². The summed E-state index contributed by atoms with van der Waals surface area (Å²) in [4.78, 5) is 0. The first kappa shape index (κ1) is 11.2. The van der Waals surface area contributed by atoms with Crippen LogP contribution in [0, 0.1) is 17.6 Å². The lowest BCUT2D eigenvalue weighted by Crippen LogP contribution is -2.09. The van der Waals surface area contributed by atoms with Crippen LogP contribution < -0.4 is 10.5 Å². The predicted molar refractivity (Wildman–Crippen MR) is 58.2 cm³/mol. The lowest BCUT2D eigenvalue weighted by molar-refractivity contribution is 0.241. The molecule has 0 unspecified atom stereocenters. The van der Waals surface area contributed by atoms with Gasteiger partial charge in [-0.25, -0.2) is 8.78 Å². The molecule has 4 heteroatoms. The number of halogens is 2. The van der Waals surface area contributed by atoms with E-state index < -0.39 is 11.6 Å². The van der Waals surface area contributed by atoms with Crippen LogP contribution in [0.5, 0.6) is 5.75 Å². The monoisotopic (exact) mass is 227 g/mol. The third-order valence-corrected chi connectivity index (χ3v) is 3.00. The maximum atomic E-state index is 13.3. The van der Waals surface area contributed by atoms with Crippen LogP contribution in [0.3, 0.4) is 0 Å². The van der Waals surface area contributed by atoms with Gasteiger partial charge in [0.2, 0.25) is 0 Å². The third kappa shape index (κ3) is 2.43. The zero-order chi connectivity index (χ0) is 11.5. The smallest absolute Gasteiger partial charge is 0.167 e. The van der Waals surface area contributed by atoms with Crippen molar-refractivity contribution in [3.05, 3.63) is 23.8 Å². The fourth-order valence-corrected chi connectivity index (χ4v) is 2.04. The molecule has 0 saturated heterocycles. The van der Waals surface area contributed by atoms with Crippen molar-refractivity contribution in [1.82, 2.24) is 0 Å². The fraction of sp³-hybridized carbons (Fsp3) is 0.500. The minimum atomic E-state index is -0.636. The van der Waals surface area contributed by atoms with E-state index >= 15 is 0 Å². The quantitative estimate of drug-likeness (QED) is 0.805. The van der Waals surface area contributed by atoms with Crippen molar-refractivity contribution >= 4 is 5.69 Å². The van der Waals surface area contributed by atoms with Crippen LogP contribution in [0.2, 0.25) is 0 Å². The number of hydrogen-bond donors (Lipinski definition) is 1. The molecule has 2 nitrogen and oxygen atoms in total. The van der Waals surface area contributed by atoms with E-state index in [0.29, 0.717) is 12.5 Å². The Labute approximate surface area is 93.4 Å². The van der Waals surface area contributed by atoms with Gasteiger partial charge in [0.25, 0.3) is 0 Å². The maximum Gasteiger partial charge on any atom is 0.167 e. The van der Waals surface area contributed by atoms with Crippen molar-refractivity contribution in [2.24, 2.45) is 5.92 Å². The van der Waals surface area contributed by atoms with Gasteiger partial charge in [-0.05, 0) is 18.8 Å². The summed E-state index contributed by atoms with van der Waals surface area (Å²) in [5, 5.41) is 0. The largest absolute Gasteiger partial charge is 0.490 e. The lowest BCUT2D eigenvalue weighted by Gasteiger charge is -2.12. The van der Waals surface area contributed by atoms with Gasteiger partial charge in [-0.2, -0.15) is 0 Å². The topological polar surface area (TPSA) is 35.2 Å². The number of anilines is 1. The molecule has 0 aliphatic heterocycles. The fourth-order valence-electron chi connectivity index (χ4n) is 2.04. The number of benzene rings is 1. The Morgan fingerprint density at radius 3 is 2.56 bits per heavy atom. The van der Waals surface area contributed by atoms with E-state index in [1.54, 1.807) is 0 Å². The molecule has 1 aliphatic carbocycles. The van der Waals surface area contributed by atoms with Gasteiger partial charge in [0.05, 0.1) is 12.3 Å². The van der Waals surface area contributed by atoms with Crippen molar-refractivity contribution in [3.63, 3.8) is 0 Å². The average Bonchev–Trinajstić information content (AvgIpc) is 2.74. The Morgan fingerprint density at radius 1 is 1.19 bits per heavy atom. The number of nitrogen functional groups attached to an aromatic ring is 1. The Kier molecular flexibility index (Phi) is 3.27. The highest BCUT2D eigenvalue weighted by Gasteiger charge is 2.17. The minimum absolute atomic E-state index is 0.0430. The predicted octanol–water partition coefficient (Wildman–Crippen LogP) is 3.12. The molecule has 2 N–H and O–H groups in total. The number of nitrogens with two attached hydrogens (primary N) is 1. The van der Waals surface area contributed by atoms with Gasteiger partial charge in [-0.1, -0.05) is 12.8 Å². The molecule has 1 fully saturated rings. The molecule has 1 saturated carbocycles. The van der Waals surface area contributed by atoms with Gasteiger partial charge in [0.1, 0.15) is 5.82 Å². The number of hydrogen-bond acceptors (Lipinski definition) is 2. The molecule has 0 amide bonds. The number of ether oxygens (including phenoxy) is 1. The van der Waals surface area contributed by atoms with Crippen LogP contribution in [0.1, 0.15) is 25.7 Å². The van der Waals surface area contributed by atoms with Crippen molar-refractivity contribution in [3.8, 4) is 5.75 Å². The van der Waals surface area contributed by atoms with Crippen LogP contribution in [0.15, 0.2) is 12.1 Å². The van der Waals surface area contributed by atoms with E-state index in [0.717, 1.165) is 25.0 Å². The summed E-state index contributed by atoms with van der Waals surface area (Å²) in [5.41, 5.74) is 5.05. The lowest BCUT2D eigenvalue weighted by atomic mass is 10.1. The van der Waals surface area contributed by atoms with E-state index in [2.05, 4.69) is 0 Å². The second kappa shape index (κ2) is 4.68. The molecule has 0 aromatic heterocycles. The van der Waals surface area contributed by atoms with Crippen molar-refractivity contribution < 1.29 is 13.5 Å². The highest BCUT2D eigenvalue weighted by Crippen LogP contribution is 2.27. The van der Waals surface area contributed by atoms with E-state index in [4.69, 9.17) is 10.5 Å². The van der Waals surface area contributed by atoms with Gasteiger partial charge < -0.3 is 10.5 Å². The summed E-state index contributed by atoms with van der Waals surface area (Å²) in [6.07, 6.45) is 4.62. The summed E-state index contributed by atoms with van der Waals surface area (Å²) >= 11 is 0. The van der Waals surface area contributed by atoms with Gasteiger partial charge in [0, 0.05) is 12.1 Å². The van der Waals surface area contributed by atoms with Crippen LogP contribution in [-0.2, 0) is 0 Å². The molecule has 0 bridgehead atoms. The van der Waals surface area contributed by atoms with E-state index in [1.165, 1.54) is 12.8 Å². The third-order valence-electron chi connectivity index (χ3n) is 3.00. The molecule has 0 heterocycles. The Balaban J connectivity index is 2.00. The maximum absolute atomic E-state index is 13.3. The first-order valence-corrected chi connectivity index (χ1v) is 5.54. The molecule has 1 aromatic carbocycles. The Hall–Kier alpha value is -1.32. The molecule has 0 atom stereocenters. The molecule has 16 heavy (non-hydrogen) atoms. The summed E-state index contributed by atoms with van der Waals surface area (Å²) in [7, 11) is 0. The molecule has 2 rings (SSSR count). The Bertz CT molecular complexity index is 376. The highest BCUT2D eigenvalue weighted by atomic mass is 19.1. The summed E-state index contributed by atoms with van der Waals surface area (Å²) in [5.74, 6) is -0.807. The molecular formula is C12H15F2NO. The van der Waals surface area contributed by atoms with E-state index in [-0.39, 0.29) is 11.4 Å². The molecule has 0 spiro atoms. The standard InChI is InChI=1S/C12H15F2NO/c13-9-6-12(10(14)5-11(9)15)16-7-8-3-1-2-4-8/h5-6,8H,1-4,7,15H2. The molecule has 0 radical (unpaired) electrons. The normalized spacial score (nSPS) is 16.6. The van der Waals surface area contributed by atoms with Crippen molar-refractivity contribution in [2.75, 3.05) is 12.3 Å². The van der Waals surface area contributed by atoms with Crippen molar-refractivity contribution in [1.29, 1.82) is 0 Å². The van der Waals surface area contributed by atoms with Crippen LogP contribution in [0.4, 0.5) is 14.5 Å².